The molecule has 28 heteroatoms. The summed E-state index contributed by atoms with van der Waals surface area (Å²) in [5.74, 6) is 3.02. The molecule has 23 rings (SSSR count). The van der Waals surface area contributed by atoms with Crippen LogP contribution in [-0.2, 0) is 106 Å². The summed E-state index contributed by atoms with van der Waals surface area (Å²) in [6.07, 6.45) is 35.9. The van der Waals surface area contributed by atoms with Crippen LogP contribution < -0.4 is 36.6 Å². The lowest BCUT2D eigenvalue weighted by atomic mass is 9.82. The Morgan fingerprint density at radius 2 is 0.802 bits per heavy atom. The smallest absolute Gasteiger partial charge is 0.407 e. The molecule has 12 N–H and O–H groups in total. The molecule has 0 radical (unpaired) electrons. The number of aryl methyl sites for hydroxylation is 5. The zero-order valence-electron chi connectivity index (χ0n) is 73.3. The second kappa shape index (κ2) is 34.7. The average molecular weight is 1710 g/mol. The van der Waals surface area contributed by atoms with E-state index in [1.807, 2.05) is 93.9 Å². The van der Waals surface area contributed by atoms with Crippen molar-refractivity contribution in [2.24, 2.45) is 17.4 Å². The van der Waals surface area contributed by atoms with Gasteiger partial charge in [0.25, 0.3) is 0 Å². The number of amides is 3. The first-order chi connectivity index (χ1) is 61.1. The molecule has 8 aliphatic rings. The van der Waals surface area contributed by atoms with E-state index in [9.17, 15) is 23.1 Å². The summed E-state index contributed by atoms with van der Waals surface area (Å²) >= 11 is -2.34. The van der Waals surface area contributed by atoms with Crippen molar-refractivity contribution in [2.45, 2.75) is 218 Å². The third kappa shape index (κ3) is 16.1. The first kappa shape index (κ1) is 84.0. The van der Waals surface area contributed by atoms with Crippen LogP contribution in [0.5, 0.6) is 0 Å². The van der Waals surface area contributed by atoms with Crippen molar-refractivity contribution in [1.29, 1.82) is 0 Å². The summed E-state index contributed by atoms with van der Waals surface area (Å²) < 4.78 is 29.8. The van der Waals surface area contributed by atoms with Crippen molar-refractivity contribution >= 4 is 150 Å². The Kier molecular flexibility index (Phi) is 23.1. The number of nitrogens with one attached hydrogen (secondary N) is 8. The quantitative estimate of drug-likeness (QED) is 0.0538. The standard InChI is InChI=1S/C21H25N5O.C21H24N4O.C20H24N4.C19H22N4O2.C17H20N4O2S/c22-13-19(27)25-9-11-26(12-10-25)21-15-4-2-1-3-14(15)20-16-7-8-23-17(16)5-6-18(20)24-21;1-21(2,24-20(26)12-7-8-12)19-14-6-4-3-5-13(14)18-15-11-22-25-16(15)9-10-17(18)23-19;21-13-8-11-24(12-9-13)20-15-4-2-1-3-14(15)19-16-7-10-22-17(16)5-6-18(19)23-20;1-19(2,22-18(24)25-3)17-12-7-5-4-6-11(12)16-13-10-20-23-14(13)8-9-15(16)21-17;1-17(2,21-24(22)23)16-11-6-4-3-5-10(11)15-12-9-18-20-13(12)7-8-14(15)19-16/h5-8,24H,1-4,9-13,22H2;9-12H,3-8H2,1-2H3,(H,22,25)(H,24,26);5-7,10,13,23H,1-4,8-9,11-12,21H2;8-10H,4-7H2,1-3H3,(H,20,23)(H,22,24);7-9,21H,3-6H2,1-2H3,(H,18,20)(H,22,23)/p-1. The van der Waals surface area contributed by atoms with Crippen molar-refractivity contribution in [3.8, 4) is 0 Å². The largest absolute Gasteiger partial charge is 0.760 e. The molecule has 15 aromatic rings. The van der Waals surface area contributed by atoms with Crippen LogP contribution in [0.4, 0.5) is 16.4 Å². The number of ether oxygens (including phenoxy) is 1. The summed E-state index contributed by atoms with van der Waals surface area (Å²) in [5, 5.41) is 40.2. The molecule has 654 valence electrons. The second-order valence-electron chi connectivity index (χ2n) is 37.2. The molecule has 3 amide bonds. The molecule has 5 aromatic carbocycles. The third-order valence-electron chi connectivity index (χ3n) is 27.7. The summed E-state index contributed by atoms with van der Waals surface area (Å²) in [6, 6.07) is 25.4. The number of alkyl carbamates (subject to hydrolysis) is 1. The fraction of sp³-hybridized carbons (Fsp3) is 0.439. The predicted octanol–water partition coefficient (Wildman–Crippen LogP) is 15.7. The van der Waals surface area contributed by atoms with Crippen LogP contribution in [-0.4, -0.2) is 156 Å². The predicted molar refractivity (Wildman–Crippen MR) is 499 cm³/mol. The van der Waals surface area contributed by atoms with E-state index >= 15 is 0 Å². The highest BCUT2D eigenvalue weighted by Gasteiger charge is 2.39. The minimum Gasteiger partial charge on any atom is -0.760 e. The van der Waals surface area contributed by atoms with Crippen molar-refractivity contribution < 1.29 is 27.9 Å². The zero-order valence-corrected chi connectivity index (χ0v) is 74.1. The van der Waals surface area contributed by atoms with Crippen molar-refractivity contribution in [2.75, 3.05) is 62.7 Å². The number of piperazine rings is 1. The maximum atomic E-state index is 12.4. The van der Waals surface area contributed by atoms with Crippen LogP contribution in [0.15, 0.2) is 104 Å². The molecule has 126 heavy (non-hydrogen) atoms. The summed E-state index contributed by atoms with van der Waals surface area (Å²) in [6.45, 7) is 17.3. The monoisotopic (exact) mass is 1710 g/mol. The molecule has 1 unspecified atom stereocenters. The lowest BCUT2D eigenvalue weighted by molar-refractivity contribution is -0.130. The number of piperidine rings is 1. The number of hydrogen-bond acceptors (Lipinski definition) is 18. The number of benzene rings is 5. The lowest BCUT2D eigenvalue weighted by Crippen LogP contribution is -2.50. The van der Waals surface area contributed by atoms with E-state index in [0.717, 1.165) is 218 Å². The van der Waals surface area contributed by atoms with Gasteiger partial charge in [0.15, 0.2) is 0 Å². The van der Waals surface area contributed by atoms with Gasteiger partial charge in [-0.15, -0.1) is 0 Å². The normalized spacial score (nSPS) is 17.0. The minimum atomic E-state index is -2.34. The Labute approximate surface area is 734 Å². The highest BCUT2D eigenvalue weighted by molar-refractivity contribution is 7.77. The van der Waals surface area contributed by atoms with Crippen molar-refractivity contribution in [3.05, 3.63) is 176 Å². The fourth-order valence-electron chi connectivity index (χ4n) is 21.4. The van der Waals surface area contributed by atoms with Gasteiger partial charge in [0.2, 0.25) is 11.8 Å². The van der Waals surface area contributed by atoms with E-state index in [1.165, 1.54) is 170 Å². The van der Waals surface area contributed by atoms with Crippen LogP contribution >= 0.6 is 0 Å². The number of methoxy groups -OCH3 is 1. The summed E-state index contributed by atoms with van der Waals surface area (Å²) in [5.41, 5.74) is 37.0. The van der Waals surface area contributed by atoms with Crippen LogP contribution in [0.25, 0.3) is 109 Å². The van der Waals surface area contributed by atoms with E-state index < -0.39 is 34.0 Å². The number of rotatable bonds is 11. The summed E-state index contributed by atoms with van der Waals surface area (Å²) in [7, 11) is 1.38. The molecular weight excluding hydrogens is 1600 g/mol. The highest BCUT2D eigenvalue weighted by Crippen LogP contribution is 2.45. The van der Waals surface area contributed by atoms with Crippen molar-refractivity contribution in [1.82, 2.24) is 85.7 Å². The van der Waals surface area contributed by atoms with E-state index in [1.54, 1.807) is 5.56 Å². The number of H-pyrrole nitrogens is 5. The van der Waals surface area contributed by atoms with Gasteiger partial charge in [-0.05, 0) is 324 Å². The first-order valence-corrected chi connectivity index (χ1v) is 46.6. The van der Waals surface area contributed by atoms with Crippen molar-refractivity contribution in [3.63, 3.8) is 0 Å². The number of fused-ring (bicyclic) bond motifs is 25. The number of hydrogen-bond donors (Lipinski definition) is 10. The Bertz CT molecular complexity index is 6760. The van der Waals surface area contributed by atoms with Gasteiger partial charge in [-0.3, -0.25) is 54.0 Å². The molecule has 0 bridgehead atoms. The van der Waals surface area contributed by atoms with Gasteiger partial charge in [-0.25, -0.2) is 9.52 Å². The van der Waals surface area contributed by atoms with E-state index in [0.29, 0.717) is 6.04 Å². The van der Waals surface area contributed by atoms with Gasteiger partial charge in [-0.2, -0.15) is 15.3 Å². The number of nitrogens with zero attached hydrogens (tertiary/aromatic N) is 11. The summed E-state index contributed by atoms with van der Waals surface area (Å²) in [4.78, 5) is 74.3. The minimum absolute atomic E-state index is 0.0465. The Morgan fingerprint density at radius 1 is 0.444 bits per heavy atom. The van der Waals surface area contributed by atoms with E-state index in [2.05, 4.69) is 132 Å². The Hall–Kier alpha value is -11.6. The number of nitrogens with two attached hydrogens (primary N) is 2. The number of carbonyl (C=O) groups excluding carboxylic acids is 3. The number of aromatic nitrogens is 13. The molecule has 27 nitrogen and oxygen atoms in total. The molecule has 3 fully saturated rings. The van der Waals surface area contributed by atoms with Crippen LogP contribution in [0, 0.1) is 5.92 Å². The van der Waals surface area contributed by atoms with Gasteiger partial charge in [0.05, 0.1) is 110 Å². The van der Waals surface area contributed by atoms with Gasteiger partial charge in [0, 0.05) is 140 Å². The maximum absolute atomic E-state index is 12.4. The van der Waals surface area contributed by atoms with E-state index in [-0.39, 0.29) is 24.3 Å². The topological polar surface area (TPSA) is 380 Å². The lowest BCUT2D eigenvalue weighted by Gasteiger charge is -2.37. The van der Waals surface area contributed by atoms with Crippen LogP contribution in [0.3, 0.4) is 0 Å². The first-order valence-electron chi connectivity index (χ1n) is 45.5. The molecule has 2 aliphatic heterocycles. The fourth-order valence-corrected chi connectivity index (χ4v) is 21.9. The molecule has 1 atom stereocenters. The molecule has 2 saturated heterocycles. The molecule has 1 saturated carbocycles. The van der Waals surface area contributed by atoms with E-state index in [4.69, 9.17) is 31.2 Å². The van der Waals surface area contributed by atoms with Crippen LogP contribution in [0.1, 0.15) is 204 Å². The molecule has 0 spiro atoms. The van der Waals surface area contributed by atoms with Crippen LogP contribution in [0.2, 0.25) is 0 Å². The number of carbonyl (C=O) groups is 3. The molecule has 6 aliphatic carbocycles. The SMILES string of the molecule is CC(C)(NC(=O)C1CC1)c1nc2ccc3[nH]ncc3c2c2c1CCCC2.CC(C)(NS(=O)[O-])c1nc2ccc3[nH]ncc3c2c2c1CCCC2.COC(=O)NC(C)(C)c1nc2ccc3[nH]ncc3c2c2c1CCCC2.NC1CCN(c2[nH]c3ccc4nccc4c3c3c2CCCC3)CC1.NCC(=O)N1CCN(c2[nH]c3ccc4nccc4c3c3c2CCCC3)CC1. The van der Waals surface area contributed by atoms with Gasteiger partial charge >= 0.3 is 6.09 Å². The number of pyridine rings is 5. The highest BCUT2D eigenvalue weighted by atomic mass is 32.2. The average Bonchev–Trinajstić information content (AvgIpc) is 1.34. The maximum Gasteiger partial charge on any atom is 0.407 e. The number of aromatic amines is 5. The van der Waals surface area contributed by atoms with Gasteiger partial charge in [-0.1, -0.05) is 0 Å². The zero-order chi connectivity index (χ0) is 86.9. The second-order valence-corrected chi connectivity index (χ2v) is 37.9. The molecule has 10 aromatic heterocycles. The Morgan fingerprint density at radius 3 is 1.19 bits per heavy atom. The molecule has 12 heterocycles. The van der Waals surface area contributed by atoms with Gasteiger partial charge < -0.3 is 56.1 Å². The molecular formula is C98H114N21O6S-. The third-order valence-corrected chi connectivity index (χ3v) is 28.4. The Balaban J connectivity index is 0.000000103. The van der Waals surface area contributed by atoms with Gasteiger partial charge in [0.1, 0.15) is 11.6 Å². The number of anilines is 2.